The Morgan fingerprint density at radius 2 is 1.65 bits per heavy atom. The quantitative estimate of drug-likeness (QED) is 0.764. The Balaban J connectivity index is 1.89. The molecule has 0 aliphatic heterocycles. The van der Waals surface area contributed by atoms with Crippen LogP contribution in [-0.4, -0.2) is 5.78 Å². The number of carbonyl (C=O) groups is 1. The van der Waals surface area contributed by atoms with E-state index in [9.17, 15) is 10.1 Å². The summed E-state index contributed by atoms with van der Waals surface area (Å²) in [5.41, 5.74) is 0.0503. The molecule has 0 radical (unpaired) electrons. The van der Waals surface area contributed by atoms with E-state index in [1.165, 1.54) is 38.5 Å². The van der Waals surface area contributed by atoms with Crippen LogP contribution in [0.4, 0.5) is 0 Å². The molecule has 1 atom stereocenters. The molecule has 0 heterocycles. The van der Waals surface area contributed by atoms with E-state index >= 15 is 0 Å². The summed E-state index contributed by atoms with van der Waals surface area (Å²) < 4.78 is 0. The molecule has 0 aromatic carbocycles. The van der Waals surface area contributed by atoms with E-state index in [-0.39, 0.29) is 22.5 Å². The predicted molar refractivity (Wildman–Crippen MR) is 78.8 cm³/mol. The van der Waals surface area contributed by atoms with Gasteiger partial charge in [-0.2, -0.15) is 5.26 Å². The van der Waals surface area contributed by atoms with Crippen LogP contribution >= 0.6 is 0 Å². The molecule has 0 aromatic rings. The summed E-state index contributed by atoms with van der Waals surface area (Å²) in [5.74, 6) is 2.87. The normalized spacial score (nSPS) is 40.4. The van der Waals surface area contributed by atoms with Gasteiger partial charge in [0.2, 0.25) is 0 Å². The molecule has 0 amide bonds. The molecule has 4 saturated carbocycles. The maximum Gasteiger partial charge on any atom is 0.130 e. The van der Waals surface area contributed by atoms with Gasteiger partial charge in [-0.3, -0.25) is 0 Å². The topological polar surface area (TPSA) is 40.9 Å². The smallest absolute Gasteiger partial charge is 0.130 e. The van der Waals surface area contributed by atoms with Crippen LogP contribution in [0, 0.1) is 45.8 Å². The standard InChI is InChI=1S/C18H27NO/c1-12(20)7-17(2,3)16(11-19)18-8-13-4-14(9-18)6-15(5-13)10-18/h13-16H,4-10H2,1-3H3. The van der Waals surface area contributed by atoms with Gasteiger partial charge in [-0.25, -0.2) is 0 Å². The number of carbonyl (C=O) groups excluding carboxylic acids is 1. The lowest BCUT2D eigenvalue weighted by Crippen LogP contribution is -2.52. The van der Waals surface area contributed by atoms with Gasteiger partial charge in [0.1, 0.15) is 5.78 Å². The molecular formula is C18H27NO. The molecule has 4 bridgehead atoms. The Hall–Kier alpha value is -0.840. The molecule has 0 aromatic heterocycles. The van der Waals surface area contributed by atoms with E-state index < -0.39 is 0 Å². The maximum atomic E-state index is 11.6. The predicted octanol–water partition coefficient (Wildman–Crippen LogP) is 4.35. The molecule has 0 saturated heterocycles. The molecule has 2 heteroatoms. The molecule has 4 fully saturated rings. The fourth-order valence-corrected chi connectivity index (χ4v) is 6.42. The lowest BCUT2D eigenvalue weighted by molar-refractivity contribution is -0.124. The van der Waals surface area contributed by atoms with Gasteiger partial charge < -0.3 is 4.79 Å². The van der Waals surface area contributed by atoms with Gasteiger partial charge in [-0.1, -0.05) is 13.8 Å². The zero-order chi connectivity index (χ0) is 14.5. The summed E-state index contributed by atoms with van der Waals surface area (Å²) in [4.78, 5) is 11.6. The van der Waals surface area contributed by atoms with Crippen molar-refractivity contribution in [2.75, 3.05) is 0 Å². The molecule has 4 rings (SSSR count). The second kappa shape index (κ2) is 4.58. The molecule has 2 nitrogen and oxygen atoms in total. The van der Waals surface area contributed by atoms with E-state index in [0.717, 1.165) is 17.8 Å². The third-order valence-corrected chi connectivity index (χ3v) is 6.31. The van der Waals surface area contributed by atoms with Gasteiger partial charge in [0, 0.05) is 6.42 Å². The maximum absolute atomic E-state index is 11.6. The van der Waals surface area contributed by atoms with Crippen LogP contribution in [0.15, 0.2) is 0 Å². The van der Waals surface area contributed by atoms with E-state index in [4.69, 9.17) is 0 Å². The van der Waals surface area contributed by atoms with Crippen molar-refractivity contribution in [2.24, 2.45) is 34.5 Å². The van der Waals surface area contributed by atoms with E-state index in [1.54, 1.807) is 6.92 Å². The molecular weight excluding hydrogens is 246 g/mol. The number of hydrogen-bond donors (Lipinski definition) is 0. The highest BCUT2D eigenvalue weighted by molar-refractivity contribution is 5.76. The Kier molecular flexibility index (Phi) is 3.23. The first-order valence-electron chi connectivity index (χ1n) is 8.24. The monoisotopic (exact) mass is 273 g/mol. The summed E-state index contributed by atoms with van der Waals surface area (Å²) in [6.07, 6.45) is 8.52. The molecule has 20 heavy (non-hydrogen) atoms. The Morgan fingerprint density at radius 1 is 1.20 bits per heavy atom. The minimum absolute atomic E-state index is 0.0484. The van der Waals surface area contributed by atoms with Crippen molar-refractivity contribution in [2.45, 2.75) is 65.7 Å². The van der Waals surface area contributed by atoms with Crippen LogP contribution in [0.2, 0.25) is 0 Å². The third-order valence-electron chi connectivity index (χ3n) is 6.31. The number of nitriles is 1. The fourth-order valence-electron chi connectivity index (χ4n) is 6.42. The number of hydrogen-bond acceptors (Lipinski definition) is 2. The highest BCUT2D eigenvalue weighted by atomic mass is 16.1. The fraction of sp³-hybridized carbons (Fsp3) is 0.889. The average molecular weight is 273 g/mol. The first kappa shape index (κ1) is 14.1. The number of rotatable bonds is 4. The first-order chi connectivity index (χ1) is 9.34. The number of nitrogens with zero attached hydrogens (tertiary/aromatic N) is 1. The van der Waals surface area contributed by atoms with Gasteiger partial charge in [-0.05, 0) is 74.0 Å². The highest BCUT2D eigenvalue weighted by Crippen LogP contribution is 2.65. The van der Waals surface area contributed by atoms with Crippen LogP contribution < -0.4 is 0 Å². The summed E-state index contributed by atoms with van der Waals surface area (Å²) in [6, 6.07) is 2.65. The van der Waals surface area contributed by atoms with Crippen molar-refractivity contribution in [3.63, 3.8) is 0 Å². The minimum Gasteiger partial charge on any atom is -0.300 e. The Morgan fingerprint density at radius 3 is 2.00 bits per heavy atom. The van der Waals surface area contributed by atoms with Gasteiger partial charge >= 0.3 is 0 Å². The van der Waals surface area contributed by atoms with E-state index in [0.29, 0.717) is 6.42 Å². The van der Waals surface area contributed by atoms with Crippen molar-refractivity contribution >= 4 is 5.78 Å². The zero-order valence-electron chi connectivity index (χ0n) is 13.1. The van der Waals surface area contributed by atoms with E-state index in [1.807, 2.05) is 0 Å². The van der Waals surface area contributed by atoms with Crippen molar-refractivity contribution in [3.05, 3.63) is 0 Å². The zero-order valence-corrected chi connectivity index (χ0v) is 13.1. The lowest BCUT2D eigenvalue weighted by atomic mass is 9.44. The van der Waals surface area contributed by atoms with Crippen LogP contribution in [0.25, 0.3) is 0 Å². The molecule has 110 valence electrons. The van der Waals surface area contributed by atoms with Crippen LogP contribution in [0.3, 0.4) is 0 Å². The van der Waals surface area contributed by atoms with Crippen molar-refractivity contribution in [3.8, 4) is 6.07 Å². The largest absolute Gasteiger partial charge is 0.300 e. The summed E-state index contributed by atoms with van der Waals surface area (Å²) in [6.45, 7) is 5.94. The SMILES string of the molecule is CC(=O)CC(C)(C)C(C#N)C12CC3CC(CC(C3)C1)C2. The van der Waals surface area contributed by atoms with Crippen molar-refractivity contribution in [1.29, 1.82) is 5.26 Å². The average Bonchev–Trinajstić information content (AvgIpc) is 2.24. The van der Waals surface area contributed by atoms with Gasteiger partial charge in [0.15, 0.2) is 0 Å². The second-order valence-corrected chi connectivity index (χ2v) is 8.71. The molecule has 4 aliphatic carbocycles. The summed E-state index contributed by atoms with van der Waals surface area (Å²) in [7, 11) is 0. The lowest BCUT2D eigenvalue weighted by Gasteiger charge is -2.60. The Bertz CT molecular complexity index is 421. The Labute approximate surface area is 122 Å². The third kappa shape index (κ3) is 2.20. The van der Waals surface area contributed by atoms with Crippen LogP contribution in [-0.2, 0) is 4.79 Å². The number of ketones is 1. The van der Waals surface area contributed by atoms with Crippen LogP contribution in [0.1, 0.15) is 65.7 Å². The summed E-state index contributed by atoms with van der Waals surface area (Å²) >= 11 is 0. The highest BCUT2D eigenvalue weighted by Gasteiger charge is 2.57. The van der Waals surface area contributed by atoms with Gasteiger partial charge in [0.25, 0.3) is 0 Å². The van der Waals surface area contributed by atoms with E-state index in [2.05, 4.69) is 19.9 Å². The molecule has 0 spiro atoms. The second-order valence-electron chi connectivity index (χ2n) is 8.71. The van der Waals surface area contributed by atoms with Crippen molar-refractivity contribution < 1.29 is 4.79 Å². The minimum atomic E-state index is -0.174. The molecule has 4 aliphatic rings. The van der Waals surface area contributed by atoms with Gasteiger partial charge in [0.05, 0.1) is 12.0 Å². The molecule has 1 unspecified atom stereocenters. The summed E-state index contributed by atoms with van der Waals surface area (Å²) in [5, 5.41) is 9.87. The molecule has 0 N–H and O–H groups in total. The first-order valence-corrected chi connectivity index (χ1v) is 8.24. The van der Waals surface area contributed by atoms with Crippen molar-refractivity contribution in [1.82, 2.24) is 0 Å². The number of Topliss-reactive ketones (excluding diaryl/α,β-unsaturated/α-hetero) is 1. The van der Waals surface area contributed by atoms with Crippen LogP contribution in [0.5, 0.6) is 0 Å². The van der Waals surface area contributed by atoms with Gasteiger partial charge in [-0.15, -0.1) is 0 Å².